The molecule has 0 aliphatic carbocycles. The van der Waals surface area contributed by atoms with Gasteiger partial charge in [0.1, 0.15) is 16.6 Å². The topological polar surface area (TPSA) is 138 Å². The van der Waals surface area contributed by atoms with Crippen molar-refractivity contribution < 1.29 is 27.9 Å². The molecule has 0 radical (unpaired) electrons. The lowest BCUT2D eigenvalue weighted by Crippen LogP contribution is -2.41. The minimum absolute atomic E-state index is 0.0304. The summed E-state index contributed by atoms with van der Waals surface area (Å²) in [6.45, 7) is 3.99. The van der Waals surface area contributed by atoms with E-state index in [2.05, 4.69) is 15.0 Å². The molecule has 0 aliphatic heterocycles. The van der Waals surface area contributed by atoms with Gasteiger partial charge in [-0.05, 0) is 18.4 Å². The second-order valence-corrected chi connectivity index (χ2v) is 7.40. The predicted molar refractivity (Wildman–Crippen MR) is 86.2 cm³/mol. The number of hydrogen-bond donors (Lipinski definition) is 4. The van der Waals surface area contributed by atoms with Gasteiger partial charge in [0.05, 0.1) is 6.61 Å². The lowest BCUT2D eigenvalue weighted by Gasteiger charge is -2.15. The Labute approximate surface area is 140 Å². The van der Waals surface area contributed by atoms with Gasteiger partial charge in [-0.2, -0.15) is 0 Å². The lowest BCUT2D eigenvalue weighted by molar-refractivity contribution is -0.139. The van der Waals surface area contributed by atoms with E-state index in [0.29, 0.717) is 0 Å². The number of ether oxygens (including phenoxy) is 1. The van der Waals surface area contributed by atoms with Crippen LogP contribution in [0.1, 0.15) is 30.8 Å². The van der Waals surface area contributed by atoms with Crippen molar-refractivity contribution in [3.8, 4) is 0 Å². The zero-order valence-corrected chi connectivity index (χ0v) is 14.6. The maximum absolute atomic E-state index is 12.1. The monoisotopic (exact) mass is 361 g/mol. The van der Waals surface area contributed by atoms with Crippen molar-refractivity contribution in [1.82, 2.24) is 15.0 Å². The molecule has 1 heterocycles. The third-order valence-corrected chi connectivity index (χ3v) is 4.56. The highest BCUT2D eigenvalue weighted by molar-refractivity contribution is 7.89. The number of H-pyrrole nitrogens is 1. The number of aliphatic carboxylic acids is 1. The molecule has 0 aliphatic rings. The number of carboxylic acid groups (broad SMARTS) is 1. The van der Waals surface area contributed by atoms with E-state index in [-0.39, 0.29) is 36.1 Å². The summed E-state index contributed by atoms with van der Waals surface area (Å²) in [6, 6.07) is 0.111. The van der Waals surface area contributed by atoms with Crippen LogP contribution in [0.3, 0.4) is 0 Å². The molecule has 9 nitrogen and oxygen atoms in total. The van der Waals surface area contributed by atoms with Gasteiger partial charge < -0.3 is 20.1 Å². The summed E-state index contributed by atoms with van der Waals surface area (Å²) in [5.41, 5.74) is -0.0304. The number of carboxylic acids is 1. The molecule has 24 heavy (non-hydrogen) atoms. The van der Waals surface area contributed by atoms with Crippen LogP contribution in [0.4, 0.5) is 0 Å². The van der Waals surface area contributed by atoms with Crippen LogP contribution in [0.25, 0.3) is 0 Å². The molecule has 1 unspecified atom stereocenters. The summed E-state index contributed by atoms with van der Waals surface area (Å²) in [5.74, 6) is -1.74. The number of aromatic amines is 1. The maximum Gasteiger partial charge on any atom is 0.326 e. The summed E-state index contributed by atoms with van der Waals surface area (Å²) in [5, 5.41) is 11.5. The van der Waals surface area contributed by atoms with Crippen molar-refractivity contribution in [2.45, 2.75) is 31.2 Å². The molecular weight excluding hydrogens is 338 g/mol. The SMILES string of the molecule is COCCNS(=O)(=O)c1c[nH]c(C(=O)NC(CC(C)C)C(=O)O)c1. The second-order valence-electron chi connectivity index (χ2n) is 5.63. The number of carbonyl (C=O) groups is 2. The number of aromatic nitrogens is 1. The van der Waals surface area contributed by atoms with Crippen molar-refractivity contribution in [3.63, 3.8) is 0 Å². The van der Waals surface area contributed by atoms with Crippen molar-refractivity contribution in [3.05, 3.63) is 18.0 Å². The first-order valence-electron chi connectivity index (χ1n) is 7.38. The highest BCUT2D eigenvalue weighted by Crippen LogP contribution is 2.12. The molecule has 1 amide bonds. The highest BCUT2D eigenvalue weighted by atomic mass is 32.2. The molecule has 0 bridgehead atoms. The van der Waals surface area contributed by atoms with E-state index in [1.54, 1.807) is 0 Å². The van der Waals surface area contributed by atoms with Crippen molar-refractivity contribution in [1.29, 1.82) is 0 Å². The van der Waals surface area contributed by atoms with Gasteiger partial charge in [0.15, 0.2) is 0 Å². The van der Waals surface area contributed by atoms with Crippen LogP contribution in [0.2, 0.25) is 0 Å². The van der Waals surface area contributed by atoms with Gasteiger partial charge >= 0.3 is 5.97 Å². The molecule has 1 rings (SSSR count). The summed E-state index contributed by atoms with van der Waals surface area (Å²) in [6.07, 6.45) is 1.44. The lowest BCUT2D eigenvalue weighted by atomic mass is 10.0. The standard InChI is InChI=1S/C14H23N3O6S/c1-9(2)6-12(14(19)20)17-13(18)11-7-10(8-15-11)24(21,22)16-4-5-23-3/h7-9,12,15-16H,4-6H2,1-3H3,(H,17,18)(H,19,20). The fourth-order valence-electron chi connectivity index (χ4n) is 1.95. The number of methoxy groups -OCH3 is 1. The minimum atomic E-state index is -3.77. The van der Waals surface area contributed by atoms with Gasteiger partial charge in [0, 0.05) is 19.9 Å². The first-order chi connectivity index (χ1) is 11.2. The fraction of sp³-hybridized carbons (Fsp3) is 0.571. The Hall–Kier alpha value is -1.91. The van der Waals surface area contributed by atoms with E-state index in [1.165, 1.54) is 13.3 Å². The zero-order valence-electron chi connectivity index (χ0n) is 13.8. The number of nitrogens with one attached hydrogen (secondary N) is 3. The van der Waals surface area contributed by atoms with E-state index in [0.717, 1.165) is 6.07 Å². The van der Waals surface area contributed by atoms with Gasteiger partial charge in [-0.1, -0.05) is 13.8 Å². The third kappa shape index (κ3) is 5.95. The third-order valence-electron chi connectivity index (χ3n) is 3.12. The molecule has 0 fully saturated rings. The van der Waals surface area contributed by atoms with E-state index in [4.69, 9.17) is 9.84 Å². The quantitative estimate of drug-likeness (QED) is 0.438. The first kappa shape index (κ1) is 20.1. The number of sulfonamides is 1. The van der Waals surface area contributed by atoms with Crippen LogP contribution in [0, 0.1) is 5.92 Å². The number of hydrogen-bond acceptors (Lipinski definition) is 5. The van der Waals surface area contributed by atoms with Crippen LogP contribution in [0.5, 0.6) is 0 Å². The summed E-state index contributed by atoms with van der Waals surface area (Å²) in [4.78, 5) is 25.7. The van der Waals surface area contributed by atoms with Crippen molar-refractivity contribution >= 4 is 21.9 Å². The predicted octanol–water partition coefficient (Wildman–Crippen LogP) is 0.169. The minimum Gasteiger partial charge on any atom is -0.480 e. The average molecular weight is 361 g/mol. The summed E-state index contributed by atoms with van der Waals surface area (Å²) in [7, 11) is -2.32. The molecule has 1 aromatic heterocycles. The Morgan fingerprint density at radius 3 is 2.58 bits per heavy atom. The molecule has 0 saturated carbocycles. The Morgan fingerprint density at radius 2 is 2.04 bits per heavy atom. The molecule has 1 atom stereocenters. The highest BCUT2D eigenvalue weighted by Gasteiger charge is 2.24. The normalized spacial score (nSPS) is 13.0. The fourth-order valence-corrected chi connectivity index (χ4v) is 2.96. The molecule has 136 valence electrons. The number of amides is 1. The molecule has 10 heteroatoms. The van der Waals surface area contributed by atoms with Crippen LogP contribution in [-0.2, 0) is 19.6 Å². The zero-order chi connectivity index (χ0) is 18.3. The van der Waals surface area contributed by atoms with Crippen LogP contribution in [0.15, 0.2) is 17.2 Å². The van der Waals surface area contributed by atoms with Gasteiger partial charge in [-0.3, -0.25) is 4.79 Å². The van der Waals surface area contributed by atoms with E-state index >= 15 is 0 Å². The van der Waals surface area contributed by atoms with Crippen LogP contribution >= 0.6 is 0 Å². The molecular formula is C14H23N3O6S. The van der Waals surface area contributed by atoms with Gasteiger partial charge in [0.25, 0.3) is 5.91 Å². The van der Waals surface area contributed by atoms with E-state index in [1.807, 2.05) is 13.8 Å². The molecule has 4 N–H and O–H groups in total. The average Bonchev–Trinajstić information content (AvgIpc) is 2.96. The molecule has 0 aromatic carbocycles. The molecule has 0 saturated heterocycles. The van der Waals surface area contributed by atoms with Crippen molar-refractivity contribution in [2.75, 3.05) is 20.3 Å². The summed E-state index contributed by atoms with van der Waals surface area (Å²) < 4.78 is 31.1. The Kier molecular flexibility index (Phi) is 7.39. The first-order valence-corrected chi connectivity index (χ1v) is 8.86. The van der Waals surface area contributed by atoms with E-state index in [9.17, 15) is 18.0 Å². The molecule has 1 aromatic rings. The van der Waals surface area contributed by atoms with Crippen LogP contribution in [-0.4, -0.2) is 56.7 Å². The van der Waals surface area contributed by atoms with E-state index < -0.39 is 27.9 Å². The number of rotatable bonds is 10. The Bertz CT molecular complexity index is 668. The van der Waals surface area contributed by atoms with Gasteiger partial charge in [0.2, 0.25) is 10.0 Å². The Balaban J connectivity index is 2.80. The second kappa shape index (κ2) is 8.81. The van der Waals surface area contributed by atoms with Gasteiger partial charge in [-0.15, -0.1) is 0 Å². The number of carbonyl (C=O) groups excluding carboxylic acids is 1. The Morgan fingerprint density at radius 1 is 1.38 bits per heavy atom. The molecule has 0 spiro atoms. The van der Waals surface area contributed by atoms with Crippen LogP contribution < -0.4 is 10.0 Å². The van der Waals surface area contributed by atoms with Crippen molar-refractivity contribution in [2.24, 2.45) is 5.92 Å². The summed E-state index contributed by atoms with van der Waals surface area (Å²) >= 11 is 0. The largest absolute Gasteiger partial charge is 0.480 e. The van der Waals surface area contributed by atoms with Gasteiger partial charge in [-0.25, -0.2) is 17.9 Å². The maximum atomic E-state index is 12.1. The smallest absolute Gasteiger partial charge is 0.326 e.